The van der Waals surface area contributed by atoms with E-state index < -0.39 is 0 Å². The summed E-state index contributed by atoms with van der Waals surface area (Å²) in [5, 5.41) is 4.53. The van der Waals surface area contributed by atoms with Crippen molar-refractivity contribution in [3.63, 3.8) is 0 Å². The van der Waals surface area contributed by atoms with E-state index in [1.54, 1.807) is 0 Å². The first-order chi connectivity index (χ1) is 10.5. The molecular formula is C15H17N7. The minimum atomic E-state index is 0.165. The SMILES string of the molecule is Cc1cc(-c2nc(N)c(N)c(N)n2)nn1Cc1ccccc1. The number of nitrogens with two attached hydrogens (primary N) is 3. The van der Waals surface area contributed by atoms with E-state index in [2.05, 4.69) is 27.2 Å². The zero-order valence-corrected chi connectivity index (χ0v) is 12.2. The zero-order valence-electron chi connectivity index (χ0n) is 12.2. The van der Waals surface area contributed by atoms with Gasteiger partial charge in [-0.05, 0) is 18.6 Å². The summed E-state index contributed by atoms with van der Waals surface area (Å²) >= 11 is 0. The Morgan fingerprint density at radius 3 is 2.27 bits per heavy atom. The van der Waals surface area contributed by atoms with E-state index in [1.165, 1.54) is 0 Å². The van der Waals surface area contributed by atoms with E-state index >= 15 is 0 Å². The Bertz CT molecular complexity index is 785. The van der Waals surface area contributed by atoms with E-state index in [0.717, 1.165) is 11.3 Å². The summed E-state index contributed by atoms with van der Waals surface area (Å²) in [6.07, 6.45) is 0. The molecule has 0 fully saturated rings. The van der Waals surface area contributed by atoms with E-state index in [9.17, 15) is 0 Å². The van der Waals surface area contributed by atoms with Crippen LogP contribution in [0.3, 0.4) is 0 Å². The van der Waals surface area contributed by atoms with Crippen molar-refractivity contribution in [2.75, 3.05) is 17.2 Å². The average molecular weight is 295 g/mol. The molecule has 1 aromatic carbocycles. The maximum atomic E-state index is 5.74. The van der Waals surface area contributed by atoms with Gasteiger partial charge in [0.1, 0.15) is 11.4 Å². The van der Waals surface area contributed by atoms with Crippen molar-refractivity contribution in [1.82, 2.24) is 19.7 Å². The molecular weight excluding hydrogens is 278 g/mol. The van der Waals surface area contributed by atoms with Crippen LogP contribution in [0, 0.1) is 6.92 Å². The molecule has 2 aromatic heterocycles. The number of anilines is 3. The number of rotatable bonds is 3. The van der Waals surface area contributed by atoms with Gasteiger partial charge in [-0.25, -0.2) is 9.97 Å². The quantitative estimate of drug-likeness (QED) is 0.672. The van der Waals surface area contributed by atoms with Crippen LogP contribution in [0.2, 0.25) is 0 Å². The maximum absolute atomic E-state index is 5.74. The summed E-state index contributed by atoms with van der Waals surface area (Å²) in [6.45, 7) is 2.65. The summed E-state index contributed by atoms with van der Waals surface area (Å²) in [6, 6.07) is 12.0. The number of nitrogen functional groups attached to an aromatic ring is 3. The van der Waals surface area contributed by atoms with Gasteiger partial charge in [0, 0.05) is 5.69 Å². The monoisotopic (exact) mass is 295 g/mol. The highest BCUT2D eigenvalue weighted by Gasteiger charge is 2.13. The highest BCUT2D eigenvalue weighted by molar-refractivity contribution is 5.73. The molecule has 7 heteroatoms. The lowest BCUT2D eigenvalue weighted by molar-refractivity contribution is 0.666. The number of aryl methyl sites for hydroxylation is 1. The second-order valence-corrected chi connectivity index (χ2v) is 5.05. The topological polar surface area (TPSA) is 122 Å². The van der Waals surface area contributed by atoms with Gasteiger partial charge in [-0.3, -0.25) is 4.68 Å². The Morgan fingerprint density at radius 2 is 1.64 bits per heavy atom. The molecule has 0 aliphatic carbocycles. The first-order valence-electron chi connectivity index (χ1n) is 6.82. The summed E-state index contributed by atoms with van der Waals surface area (Å²) in [5.41, 5.74) is 20.1. The molecule has 0 saturated heterocycles. The molecule has 22 heavy (non-hydrogen) atoms. The van der Waals surface area contributed by atoms with E-state index in [0.29, 0.717) is 18.1 Å². The molecule has 0 aliphatic rings. The number of benzene rings is 1. The molecule has 0 aliphatic heterocycles. The molecule has 0 amide bonds. The van der Waals surface area contributed by atoms with Gasteiger partial charge in [-0.15, -0.1) is 0 Å². The summed E-state index contributed by atoms with van der Waals surface area (Å²) in [4.78, 5) is 8.30. The first-order valence-corrected chi connectivity index (χ1v) is 6.82. The molecule has 0 radical (unpaired) electrons. The Hall–Kier alpha value is -3.09. The minimum Gasteiger partial charge on any atom is -0.393 e. The Labute approximate surface area is 127 Å². The predicted molar refractivity (Wildman–Crippen MR) is 86.8 cm³/mol. The van der Waals surface area contributed by atoms with Crippen molar-refractivity contribution in [3.8, 4) is 11.5 Å². The lowest BCUT2D eigenvalue weighted by Gasteiger charge is -2.05. The Morgan fingerprint density at radius 1 is 1.00 bits per heavy atom. The molecule has 3 rings (SSSR count). The van der Waals surface area contributed by atoms with Crippen molar-refractivity contribution in [2.24, 2.45) is 0 Å². The van der Waals surface area contributed by atoms with Gasteiger partial charge in [0.15, 0.2) is 17.5 Å². The van der Waals surface area contributed by atoms with Crippen LogP contribution in [-0.4, -0.2) is 19.7 Å². The lowest BCUT2D eigenvalue weighted by Crippen LogP contribution is -2.07. The standard InChI is InChI=1S/C15H17N7/c1-9-7-11(15-19-13(17)12(16)14(18)20-15)21-22(9)8-10-5-3-2-4-6-10/h2-7H,8,16H2,1H3,(H4,17,18,19,20). The van der Waals surface area contributed by atoms with Crippen molar-refractivity contribution in [1.29, 1.82) is 0 Å². The van der Waals surface area contributed by atoms with Crippen LogP contribution in [0.1, 0.15) is 11.3 Å². The van der Waals surface area contributed by atoms with Crippen molar-refractivity contribution >= 4 is 17.3 Å². The number of aromatic nitrogens is 4. The van der Waals surface area contributed by atoms with Gasteiger partial charge < -0.3 is 17.2 Å². The second-order valence-electron chi connectivity index (χ2n) is 5.05. The van der Waals surface area contributed by atoms with Gasteiger partial charge in [-0.1, -0.05) is 30.3 Å². The molecule has 2 heterocycles. The van der Waals surface area contributed by atoms with Crippen LogP contribution in [0.5, 0.6) is 0 Å². The molecule has 112 valence electrons. The van der Waals surface area contributed by atoms with Crippen molar-refractivity contribution < 1.29 is 0 Å². The van der Waals surface area contributed by atoms with Gasteiger partial charge in [-0.2, -0.15) is 5.10 Å². The van der Waals surface area contributed by atoms with E-state index in [4.69, 9.17) is 17.2 Å². The maximum Gasteiger partial charge on any atom is 0.184 e. The van der Waals surface area contributed by atoms with Crippen LogP contribution in [-0.2, 0) is 6.54 Å². The van der Waals surface area contributed by atoms with Gasteiger partial charge >= 0.3 is 0 Å². The number of nitrogens with zero attached hydrogens (tertiary/aromatic N) is 4. The van der Waals surface area contributed by atoms with Crippen LogP contribution in [0.25, 0.3) is 11.5 Å². The molecule has 0 atom stereocenters. The van der Waals surface area contributed by atoms with Crippen molar-refractivity contribution in [3.05, 3.63) is 47.7 Å². The van der Waals surface area contributed by atoms with Crippen LogP contribution < -0.4 is 17.2 Å². The lowest BCUT2D eigenvalue weighted by atomic mass is 10.2. The fourth-order valence-corrected chi connectivity index (χ4v) is 2.16. The summed E-state index contributed by atoms with van der Waals surface area (Å²) in [5.74, 6) is 0.703. The van der Waals surface area contributed by atoms with Gasteiger partial charge in [0.25, 0.3) is 0 Å². The predicted octanol–water partition coefficient (Wildman–Crippen LogP) is 1.44. The van der Waals surface area contributed by atoms with Crippen LogP contribution in [0.15, 0.2) is 36.4 Å². The molecule has 0 saturated carbocycles. The van der Waals surface area contributed by atoms with Crippen molar-refractivity contribution in [2.45, 2.75) is 13.5 Å². The van der Waals surface area contributed by atoms with Crippen LogP contribution >= 0.6 is 0 Å². The van der Waals surface area contributed by atoms with Gasteiger partial charge in [0.05, 0.1) is 6.54 Å². The number of hydrogen-bond donors (Lipinski definition) is 3. The van der Waals surface area contributed by atoms with E-state index in [1.807, 2.05) is 35.9 Å². The van der Waals surface area contributed by atoms with E-state index in [-0.39, 0.29) is 17.3 Å². The molecule has 7 nitrogen and oxygen atoms in total. The third-order valence-electron chi connectivity index (χ3n) is 3.39. The Kier molecular flexibility index (Phi) is 3.38. The fraction of sp³-hybridized carbons (Fsp3) is 0.133. The third-order valence-corrected chi connectivity index (χ3v) is 3.39. The highest BCUT2D eigenvalue weighted by Crippen LogP contribution is 2.23. The summed E-state index contributed by atoms with van der Waals surface area (Å²) < 4.78 is 1.89. The number of hydrogen-bond acceptors (Lipinski definition) is 6. The smallest absolute Gasteiger partial charge is 0.184 e. The Balaban J connectivity index is 1.95. The van der Waals surface area contributed by atoms with Gasteiger partial charge in [0.2, 0.25) is 0 Å². The normalized spacial score (nSPS) is 10.8. The molecule has 3 aromatic rings. The average Bonchev–Trinajstić information content (AvgIpc) is 2.86. The third kappa shape index (κ3) is 2.56. The molecule has 0 spiro atoms. The zero-order chi connectivity index (χ0) is 15.7. The molecule has 6 N–H and O–H groups in total. The molecule has 0 bridgehead atoms. The molecule has 0 unspecified atom stereocenters. The van der Waals surface area contributed by atoms with Crippen LogP contribution in [0.4, 0.5) is 17.3 Å². The summed E-state index contributed by atoms with van der Waals surface area (Å²) in [7, 11) is 0. The fourth-order valence-electron chi connectivity index (χ4n) is 2.16. The minimum absolute atomic E-state index is 0.165. The second kappa shape index (κ2) is 5.36. The highest BCUT2D eigenvalue weighted by atomic mass is 15.3. The largest absolute Gasteiger partial charge is 0.393 e. The first kappa shape index (κ1) is 13.9.